The normalized spacial score (nSPS) is 13.2. The molecular weight excluding hydrogens is 602 g/mol. The van der Waals surface area contributed by atoms with E-state index in [0.717, 1.165) is 24.2 Å². The van der Waals surface area contributed by atoms with Crippen molar-refractivity contribution in [1.82, 2.24) is 0 Å². The monoisotopic (exact) mass is 630 g/mol. The molecule has 0 saturated heterocycles. The molecule has 0 fully saturated rings. The van der Waals surface area contributed by atoms with Gasteiger partial charge < -0.3 is 13.8 Å². The predicted molar refractivity (Wildman–Crippen MR) is 143 cm³/mol. The van der Waals surface area contributed by atoms with Crippen molar-refractivity contribution in [2.24, 2.45) is 10.3 Å². The van der Waals surface area contributed by atoms with E-state index in [1.807, 2.05) is 6.92 Å². The minimum atomic E-state index is -4.97. The highest BCUT2D eigenvalue weighted by molar-refractivity contribution is 7.94. The molecule has 0 aliphatic carbocycles. The first-order chi connectivity index (χ1) is 19.3. The zero-order valence-electron chi connectivity index (χ0n) is 22.0. The molecule has 0 spiro atoms. The number of ether oxygens (including phenoxy) is 2. The summed E-state index contributed by atoms with van der Waals surface area (Å²) in [5.41, 5.74) is -3.30. The van der Waals surface area contributed by atoms with Crippen LogP contribution < -0.4 is 9.47 Å². The number of benzene rings is 2. The molecule has 0 aliphatic heterocycles. The molecule has 0 bridgehead atoms. The van der Waals surface area contributed by atoms with Crippen LogP contribution in [0.4, 0.5) is 26.3 Å². The number of hydrogen-bond donors (Lipinski definition) is 0. The van der Waals surface area contributed by atoms with Gasteiger partial charge in [0, 0.05) is 23.3 Å². The first-order valence-corrected chi connectivity index (χ1v) is 14.7. The molecule has 0 radical (unpaired) electrons. The van der Waals surface area contributed by atoms with Crippen LogP contribution in [0.3, 0.4) is 0 Å². The van der Waals surface area contributed by atoms with Crippen LogP contribution in [0.5, 0.6) is 11.5 Å². The van der Waals surface area contributed by atoms with Crippen LogP contribution in [-0.4, -0.2) is 56.9 Å². The average Bonchev–Trinajstić information content (AvgIpc) is 2.88. The lowest BCUT2D eigenvalue weighted by Gasteiger charge is -2.12. The lowest BCUT2D eigenvalue weighted by atomic mass is 10.1. The van der Waals surface area contributed by atoms with Gasteiger partial charge in [-0.05, 0) is 61.4 Å². The molecule has 16 heteroatoms. The summed E-state index contributed by atoms with van der Waals surface area (Å²) >= 11 is 0.817. The van der Waals surface area contributed by atoms with E-state index in [0.29, 0.717) is 24.3 Å². The molecule has 41 heavy (non-hydrogen) atoms. The van der Waals surface area contributed by atoms with Gasteiger partial charge in [0.1, 0.15) is 11.5 Å². The lowest BCUT2D eigenvalue weighted by Crippen LogP contribution is -2.25. The van der Waals surface area contributed by atoms with Crippen molar-refractivity contribution < 1.29 is 52.8 Å². The molecule has 2 aromatic rings. The van der Waals surface area contributed by atoms with Crippen LogP contribution in [-0.2, 0) is 18.7 Å². The summed E-state index contributed by atoms with van der Waals surface area (Å²) in [7, 11) is -4.24. The van der Waals surface area contributed by atoms with E-state index in [1.54, 1.807) is 0 Å². The van der Waals surface area contributed by atoms with E-state index < -0.39 is 45.2 Å². The number of halogens is 6. The third-order valence-corrected chi connectivity index (χ3v) is 6.75. The third-order valence-electron chi connectivity index (χ3n) is 4.78. The van der Waals surface area contributed by atoms with Crippen LogP contribution in [0.25, 0.3) is 0 Å². The van der Waals surface area contributed by atoms with Crippen molar-refractivity contribution >= 4 is 33.6 Å². The molecule has 228 valence electrons. The first-order valence-electron chi connectivity index (χ1n) is 12.2. The quantitative estimate of drug-likeness (QED) is 0.0655. The smallest absolute Gasteiger partial charge is 0.437 e. The van der Waals surface area contributed by atoms with Crippen molar-refractivity contribution in [3.05, 3.63) is 59.7 Å². The van der Waals surface area contributed by atoms with Gasteiger partial charge >= 0.3 is 22.5 Å². The topological polar surface area (TPSA) is 95.8 Å². The van der Waals surface area contributed by atoms with E-state index in [1.165, 1.54) is 43.3 Å². The Hall–Kier alpha value is -3.14. The number of nitrogens with zero attached hydrogens (tertiary/aromatic N) is 2. The van der Waals surface area contributed by atoms with Gasteiger partial charge in [-0.1, -0.05) is 24.2 Å². The largest absolute Gasteiger partial charge is 0.493 e. The third kappa shape index (κ3) is 12.1. The van der Waals surface area contributed by atoms with Gasteiger partial charge in [-0.25, -0.2) is 0 Å². The van der Waals surface area contributed by atoms with Crippen molar-refractivity contribution in [1.29, 1.82) is 0 Å². The van der Waals surface area contributed by atoms with Crippen molar-refractivity contribution in [2.75, 3.05) is 24.7 Å². The van der Waals surface area contributed by atoms with Crippen LogP contribution in [0, 0.1) is 0 Å². The molecule has 0 aromatic heterocycles. The molecule has 0 amide bonds. The summed E-state index contributed by atoms with van der Waals surface area (Å²) in [6.45, 7) is 3.64. The van der Waals surface area contributed by atoms with E-state index in [4.69, 9.17) is 13.8 Å². The average molecular weight is 631 g/mol. The van der Waals surface area contributed by atoms with Gasteiger partial charge in [-0.3, -0.25) is 4.28 Å². The number of alkyl halides is 6. The molecule has 0 heterocycles. The Morgan fingerprint density at radius 2 is 1.22 bits per heavy atom. The Kier molecular flexibility index (Phi) is 13.1. The Labute approximate surface area is 238 Å². The van der Waals surface area contributed by atoms with E-state index in [9.17, 15) is 34.8 Å². The summed E-state index contributed by atoms with van der Waals surface area (Å²) < 4.78 is 123. The summed E-state index contributed by atoms with van der Waals surface area (Å²) in [6, 6.07) is 9.73. The fourth-order valence-electron chi connectivity index (χ4n) is 2.96. The zero-order chi connectivity index (χ0) is 30.5. The highest BCUT2D eigenvalue weighted by Crippen LogP contribution is 2.26. The predicted octanol–water partition coefficient (Wildman–Crippen LogP) is 6.90. The second-order valence-corrected chi connectivity index (χ2v) is 10.7. The van der Waals surface area contributed by atoms with Crippen molar-refractivity contribution in [3.8, 4) is 11.5 Å². The fourth-order valence-corrected chi connectivity index (χ4v) is 4.09. The number of rotatable bonds is 16. The maximum Gasteiger partial charge on any atom is 0.437 e. The Morgan fingerprint density at radius 3 is 1.63 bits per heavy atom. The summed E-state index contributed by atoms with van der Waals surface area (Å²) in [6.07, 6.45) is -8.47. The van der Waals surface area contributed by atoms with Crippen LogP contribution in [0.15, 0.2) is 58.8 Å². The van der Waals surface area contributed by atoms with Gasteiger partial charge in [0.25, 0.3) is 0 Å². The van der Waals surface area contributed by atoms with E-state index in [-0.39, 0.29) is 30.9 Å². The maximum atomic E-state index is 13.4. The van der Waals surface area contributed by atoms with Gasteiger partial charge in [-0.2, -0.15) is 34.8 Å². The minimum absolute atomic E-state index is 0.119. The maximum absolute atomic E-state index is 13.4. The fraction of sp³-hybridized carbons (Fsp3) is 0.440. The van der Waals surface area contributed by atoms with Crippen molar-refractivity contribution in [3.63, 3.8) is 0 Å². The Bertz CT molecular complexity index is 1250. The molecule has 0 saturated carbocycles. The highest BCUT2D eigenvalue weighted by atomic mass is 32.2. The molecule has 0 atom stereocenters. The second kappa shape index (κ2) is 15.7. The lowest BCUT2D eigenvalue weighted by molar-refractivity contribution is -0.0605. The molecule has 0 aliphatic rings. The van der Waals surface area contributed by atoms with Crippen LogP contribution >= 0.6 is 12.0 Å². The summed E-state index contributed by atoms with van der Waals surface area (Å²) in [4.78, 5) is 0. The molecule has 0 unspecified atom stereocenters. The molecule has 2 rings (SSSR count). The molecule has 8 nitrogen and oxygen atoms in total. The van der Waals surface area contributed by atoms with Gasteiger partial charge in [0.15, 0.2) is 11.4 Å². The standard InChI is InChI=1S/C25H28F6N2O6S2/c1-3-16-40-38-32-22(24(26,27)28)18-6-10-20(11-7-18)36-14-5-15-37-21-12-8-19(9-13-21)23(25(29,30)31)33-39-41(34,35)17-4-2/h6-13H,3-5,14-17H2,1-2H3. The summed E-state index contributed by atoms with van der Waals surface area (Å²) in [5, 5.41) is 6.03. The summed E-state index contributed by atoms with van der Waals surface area (Å²) in [5.74, 6) is 0.554. The van der Waals surface area contributed by atoms with Gasteiger partial charge in [0.05, 0.1) is 31.0 Å². The van der Waals surface area contributed by atoms with Crippen LogP contribution in [0.1, 0.15) is 44.2 Å². The Morgan fingerprint density at radius 1 is 0.756 bits per heavy atom. The minimum Gasteiger partial charge on any atom is -0.493 e. The van der Waals surface area contributed by atoms with Crippen molar-refractivity contribution in [2.45, 2.75) is 45.5 Å². The van der Waals surface area contributed by atoms with E-state index >= 15 is 0 Å². The second-order valence-electron chi connectivity index (χ2n) is 8.21. The molecular formula is C25H28F6N2O6S2. The number of hydrogen-bond acceptors (Lipinski definition) is 9. The molecule has 2 aromatic carbocycles. The SMILES string of the molecule is CCCSON=C(c1ccc(OCCCOc2ccc(C(=NOS(=O)(=O)CCC)C(F)(F)F)cc2)cc1)C(F)(F)F. The molecule has 0 N–H and O–H groups in total. The number of oxime groups is 2. The van der Waals surface area contributed by atoms with Gasteiger partial charge in [0.2, 0.25) is 0 Å². The zero-order valence-corrected chi connectivity index (χ0v) is 23.6. The Balaban J connectivity index is 1.89. The highest BCUT2D eigenvalue weighted by Gasteiger charge is 2.39. The first kappa shape index (κ1) is 34.1. The van der Waals surface area contributed by atoms with Gasteiger partial charge in [-0.15, -0.1) is 0 Å². The van der Waals surface area contributed by atoms with E-state index in [2.05, 4.69) is 14.6 Å². The van der Waals surface area contributed by atoms with Crippen LogP contribution in [0.2, 0.25) is 0 Å².